The SMILES string of the molecule is COC1(CCS(=O)c2ccc(S(C)=O)cc2)CCN(C(=O)OC(C)(C)C)CC1.O.O. The van der Waals surface area contributed by atoms with Crippen molar-refractivity contribution in [3.05, 3.63) is 24.3 Å². The molecule has 174 valence electrons. The molecule has 8 nitrogen and oxygen atoms in total. The number of ether oxygens (including phenoxy) is 2. The Kier molecular flexibility index (Phi) is 11.4. The number of amides is 1. The third-order valence-corrected chi connectivity index (χ3v) is 7.23. The van der Waals surface area contributed by atoms with E-state index in [0.29, 0.717) is 38.1 Å². The summed E-state index contributed by atoms with van der Waals surface area (Å²) >= 11 is 0. The second kappa shape index (κ2) is 11.9. The van der Waals surface area contributed by atoms with Crippen molar-refractivity contribution in [1.82, 2.24) is 4.90 Å². The van der Waals surface area contributed by atoms with Crippen LogP contribution in [0.15, 0.2) is 34.1 Å². The maximum atomic E-state index is 12.7. The van der Waals surface area contributed by atoms with Gasteiger partial charge in [-0.05, 0) is 64.3 Å². The predicted molar refractivity (Wildman–Crippen MR) is 119 cm³/mol. The van der Waals surface area contributed by atoms with E-state index >= 15 is 0 Å². The molecule has 1 saturated heterocycles. The number of methoxy groups -OCH3 is 1. The maximum absolute atomic E-state index is 12.7. The number of piperidine rings is 1. The molecule has 1 heterocycles. The third kappa shape index (κ3) is 8.07. The highest BCUT2D eigenvalue weighted by molar-refractivity contribution is 7.85. The first-order valence-electron chi connectivity index (χ1n) is 9.40. The Labute approximate surface area is 183 Å². The van der Waals surface area contributed by atoms with Crippen LogP contribution in [0.4, 0.5) is 4.79 Å². The molecule has 0 bridgehead atoms. The van der Waals surface area contributed by atoms with E-state index in [4.69, 9.17) is 9.47 Å². The highest BCUT2D eigenvalue weighted by Gasteiger charge is 2.37. The van der Waals surface area contributed by atoms with Gasteiger partial charge < -0.3 is 25.3 Å². The van der Waals surface area contributed by atoms with Gasteiger partial charge in [0.15, 0.2) is 0 Å². The summed E-state index contributed by atoms with van der Waals surface area (Å²) in [5.74, 6) is 0.481. The summed E-state index contributed by atoms with van der Waals surface area (Å²) in [6, 6.07) is 7.07. The predicted octanol–water partition coefficient (Wildman–Crippen LogP) is 1.69. The smallest absolute Gasteiger partial charge is 0.410 e. The summed E-state index contributed by atoms with van der Waals surface area (Å²) in [6.45, 7) is 6.69. The average Bonchev–Trinajstić information content (AvgIpc) is 2.65. The zero-order valence-electron chi connectivity index (χ0n) is 18.4. The normalized spacial score (nSPS) is 17.8. The van der Waals surface area contributed by atoms with Crippen LogP contribution in [0.2, 0.25) is 0 Å². The number of carbonyl (C=O) groups excluding carboxylic acids is 1. The lowest BCUT2D eigenvalue weighted by atomic mass is 9.89. The molecule has 1 aliphatic rings. The average molecular weight is 466 g/mol. The Morgan fingerprint density at radius 3 is 2.00 bits per heavy atom. The minimum absolute atomic E-state index is 0. The molecule has 4 N–H and O–H groups in total. The fourth-order valence-corrected chi connectivity index (χ4v) is 4.91. The minimum Gasteiger partial charge on any atom is -0.444 e. The first-order valence-corrected chi connectivity index (χ1v) is 12.3. The van der Waals surface area contributed by atoms with Gasteiger partial charge in [0, 0.05) is 52.8 Å². The Bertz CT molecular complexity index is 724. The molecule has 10 heteroatoms. The molecule has 0 saturated carbocycles. The van der Waals surface area contributed by atoms with Crippen molar-refractivity contribution in [2.24, 2.45) is 0 Å². The van der Waals surface area contributed by atoms with E-state index in [1.54, 1.807) is 42.5 Å². The lowest BCUT2D eigenvalue weighted by Crippen LogP contribution is -2.49. The molecule has 2 atom stereocenters. The number of likely N-dealkylation sites (tertiary alicyclic amines) is 1. The Morgan fingerprint density at radius 2 is 1.57 bits per heavy atom. The van der Waals surface area contributed by atoms with Gasteiger partial charge in [-0.1, -0.05) is 0 Å². The summed E-state index contributed by atoms with van der Waals surface area (Å²) < 4.78 is 35.4. The van der Waals surface area contributed by atoms with E-state index in [0.717, 1.165) is 9.79 Å². The van der Waals surface area contributed by atoms with Crippen LogP contribution in [0.1, 0.15) is 40.0 Å². The van der Waals surface area contributed by atoms with Crippen LogP contribution in [0.25, 0.3) is 0 Å². The van der Waals surface area contributed by atoms with E-state index in [1.165, 1.54) is 0 Å². The molecule has 2 rings (SSSR count). The number of benzene rings is 1. The van der Waals surface area contributed by atoms with Crippen molar-refractivity contribution >= 4 is 27.7 Å². The molecule has 1 aromatic rings. The molecule has 2 unspecified atom stereocenters. The molecule has 30 heavy (non-hydrogen) atoms. The highest BCUT2D eigenvalue weighted by atomic mass is 32.2. The zero-order valence-corrected chi connectivity index (χ0v) is 20.0. The van der Waals surface area contributed by atoms with Gasteiger partial charge in [0.05, 0.1) is 16.4 Å². The first-order chi connectivity index (χ1) is 13.1. The molecular formula is C20H35NO7S2. The standard InChI is InChI=1S/C20H31NO5S2.2H2O/c1-19(2,3)26-18(22)21-13-10-20(25-4,11-14-21)12-15-28(24)17-8-6-16(7-9-17)27(5)23;;/h6-9H,10-15H2,1-5H3;2*1H2. The minimum atomic E-state index is -1.15. The highest BCUT2D eigenvalue weighted by Crippen LogP contribution is 2.31. The van der Waals surface area contributed by atoms with Gasteiger partial charge in [-0.2, -0.15) is 0 Å². The third-order valence-electron chi connectivity index (χ3n) is 4.92. The molecule has 0 radical (unpaired) electrons. The first kappa shape index (κ1) is 28.7. The fraction of sp³-hybridized carbons (Fsp3) is 0.650. The van der Waals surface area contributed by atoms with E-state index in [2.05, 4.69) is 0 Å². The number of carbonyl (C=O) groups is 1. The molecule has 1 amide bonds. The Balaban J connectivity index is 0.00000420. The van der Waals surface area contributed by atoms with E-state index < -0.39 is 27.2 Å². The molecule has 0 aromatic heterocycles. The lowest BCUT2D eigenvalue weighted by Gasteiger charge is -2.41. The zero-order chi connectivity index (χ0) is 20.9. The molecule has 1 fully saturated rings. The molecular weight excluding hydrogens is 430 g/mol. The van der Waals surface area contributed by atoms with Crippen molar-refractivity contribution in [3.63, 3.8) is 0 Å². The van der Waals surface area contributed by atoms with Crippen LogP contribution in [-0.2, 0) is 31.1 Å². The van der Waals surface area contributed by atoms with Gasteiger partial charge in [0.2, 0.25) is 0 Å². The van der Waals surface area contributed by atoms with Crippen LogP contribution in [0.3, 0.4) is 0 Å². The molecule has 1 aliphatic heterocycles. The van der Waals surface area contributed by atoms with Crippen LogP contribution in [0, 0.1) is 0 Å². The van der Waals surface area contributed by atoms with Crippen molar-refractivity contribution in [3.8, 4) is 0 Å². The van der Waals surface area contributed by atoms with Crippen LogP contribution in [-0.4, -0.2) is 73.8 Å². The van der Waals surface area contributed by atoms with Crippen LogP contribution < -0.4 is 0 Å². The molecule has 0 aliphatic carbocycles. The Hall–Kier alpha value is -1.33. The Morgan fingerprint density at radius 1 is 1.07 bits per heavy atom. The topological polar surface area (TPSA) is 136 Å². The number of rotatable bonds is 6. The fourth-order valence-electron chi connectivity index (χ4n) is 3.16. The van der Waals surface area contributed by atoms with Gasteiger partial charge in [-0.3, -0.25) is 8.42 Å². The van der Waals surface area contributed by atoms with E-state index in [9.17, 15) is 13.2 Å². The van der Waals surface area contributed by atoms with Gasteiger partial charge in [0.1, 0.15) is 5.60 Å². The van der Waals surface area contributed by atoms with E-state index in [-0.39, 0.29) is 22.6 Å². The second-order valence-electron chi connectivity index (χ2n) is 8.08. The van der Waals surface area contributed by atoms with E-state index in [1.807, 2.05) is 20.8 Å². The number of nitrogens with zero attached hydrogens (tertiary/aromatic N) is 1. The van der Waals surface area contributed by atoms with Gasteiger partial charge >= 0.3 is 6.09 Å². The largest absolute Gasteiger partial charge is 0.444 e. The van der Waals surface area contributed by atoms with Crippen LogP contribution in [0.5, 0.6) is 0 Å². The van der Waals surface area contributed by atoms with Crippen molar-refractivity contribution in [1.29, 1.82) is 0 Å². The number of hydrogen-bond donors (Lipinski definition) is 0. The summed E-state index contributed by atoms with van der Waals surface area (Å²) in [5.41, 5.74) is -0.886. The summed E-state index contributed by atoms with van der Waals surface area (Å²) in [4.78, 5) is 15.4. The monoisotopic (exact) mass is 465 g/mol. The lowest BCUT2D eigenvalue weighted by molar-refractivity contribution is -0.0616. The molecule has 1 aromatic carbocycles. The van der Waals surface area contributed by atoms with Crippen molar-refractivity contribution in [2.75, 3.05) is 32.2 Å². The summed E-state index contributed by atoms with van der Waals surface area (Å²) in [6.07, 6.45) is 3.35. The quantitative estimate of drug-likeness (QED) is 0.630. The van der Waals surface area contributed by atoms with Gasteiger partial charge in [-0.15, -0.1) is 0 Å². The number of hydrogen-bond acceptors (Lipinski definition) is 5. The van der Waals surface area contributed by atoms with Crippen molar-refractivity contribution in [2.45, 2.75) is 61.0 Å². The van der Waals surface area contributed by atoms with Gasteiger partial charge in [-0.25, -0.2) is 4.79 Å². The van der Waals surface area contributed by atoms with Gasteiger partial charge in [0.25, 0.3) is 0 Å². The summed E-state index contributed by atoms with van der Waals surface area (Å²) in [5, 5.41) is 0. The maximum Gasteiger partial charge on any atom is 0.410 e. The summed E-state index contributed by atoms with van der Waals surface area (Å²) in [7, 11) is -0.513. The molecule has 0 spiro atoms. The second-order valence-corrected chi connectivity index (χ2v) is 11.0. The van der Waals surface area contributed by atoms with Crippen LogP contribution >= 0.6 is 0 Å². The van der Waals surface area contributed by atoms with Crippen molar-refractivity contribution < 1.29 is 33.6 Å².